The fraction of sp³-hybridized carbons (Fsp3) is 0.174. The van der Waals surface area contributed by atoms with Crippen LogP contribution in [0.4, 0.5) is 0 Å². The molecular weight excluding hydrogens is 474 g/mol. The Morgan fingerprint density at radius 3 is 2.38 bits per heavy atom. The number of nitrogens with zero attached hydrogens (tertiary/aromatic N) is 5. The Morgan fingerprint density at radius 1 is 1.00 bits per heavy atom. The smallest absolute Gasteiger partial charge is 0.332 e. The summed E-state index contributed by atoms with van der Waals surface area (Å²) >= 11 is 3.46. The molecular formula is C23H20BrN5O3. The number of aliphatic hydroxyl groups is 1. The van der Waals surface area contributed by atoms with Crippen molar-refractivity contribution in [3.63, 3.8) is 0 Å². The molecule has 0 amide bonds. The Hall–Kier alpha value is -3.43. The van der Waals surface area contributed by atoms with Crippen molar-refractivity contribution in [2.45, 2.75) is 12.6 Å². The number of rotatable bonds is 4. The standard InChI is InChI=1S/C23H20BrN5O3/c1-26-20-19(21(31)27(2)23(26)32)29-12-17(14-8-10-16(24)11-9-14)28(22(29)25-20)13-18(30)15-6-4-3-5-7-15/h3-12,18,30H,13H2,1-2H3. The number of fused-ring (bicyclic) bond motifs is 3. The van der Waals surface area contributed by atoms with Gasteiger partial charge in [-0.3, -0.25) is 18.3 Å². The highest BCUT2D eigenvalue weighted by molar-refractivity contribution is 9.10. The van der Waals surface area contributed by atoms with Gasteiger partial charge in [0, 0.05) is 24.8 Å². The summed E-state index contributed by atoms with van der Waals surface area (Å²) in [6.07, 6.45) is 1.05. The molecule has 0 saturated carbocycles. The maximum Gasteiger partial charge on any atom is 0.332 e. The van der Waals surface area contributed by atoms with Crippen molar-refractivity contribution in [2.24, 2.45) is 14.1 Å². The van der Waals surface area contributed by atoms with Crippen LogP contribution in [0.5, 0.6) is 0 Å². The van der Waals surface area contributed by atoms with E-state index in [2.05, 4.69) is 20.9 Å². The van der Waals surface area contributed by atoms with Gasteiger partial charge in [-0.05, 0) is 23.3 Å². The summed E-state index contributed by atoms with van der Waals surface area (Å²) in [4.78, 5) is 30.0. The van der Waals surface area contributed by atoms with E-state index >= 15 is 0 Å². The number of imidazole rings is 2. The number of aliphatic hydroxyl groups excluding tert-OH is 1. The van der Waals surface area contributed by atoms with Crippen molar-refractivity contribution in [1.29, 1.82) is 0 Å². The molecule has 0 bridgehead atoms. The monoisotopic (exact) mass is 493 g/mol. The molecule has 0 saturated heterocycles. The molecule has 0 aliphatic carbocycles. The molecule has 3 heterocycles. The van der Waals surface area contributed by atoms with Crippen LogP contribution in [0.25, 0.3) is 28.2 Å². The molecule has 32 heavy (non-hydrogen) atoms. The van der Waals surface area contributed by atoms with Gasteiger partial charge < -0.3 is 9.67 Å². The zero-order valence-electron chi connectivity index (χ0n) is 17.4. The summed E-state index contributed by atoms with van der Waals surface area (Å²) in [6.45, 7) is 0.226. The summed E-state index contributed by atoms with van der Waals surface area (Å²) in [5, 5.41) is 11.0. The Kier molecular flexibility index (Phi) is 4.87. The molecule has 0 fully saturated rings. The van der Waals surface area contributed by atoms with E-state index in [9.17, 15) is 14.7 Å². The van der Waals surface area contributed by atoms with Crippen molar-refractivity contribution in [3.05, 3.63) is 91.7 Å². The van der Waals surface area contributed by atoms with Gasteiger partial charge >= 0.3 is 5.69 Å². The van der Waals surface area contributed by atoms with E-state index in [-0.39, 0.29) is 6.54 Å². The first-order valence-corrected chi connectivity index (χ1v) is 10.8. The molecule has 9 heteroatoms. The first-order chi connectivity index (χ1) is 15.4. The van der Waals surface area contributed by atoms with Crippen LogP contribution in [0.15, 0.2) is 74.9 Å². The number of halogens is 1. The average Bonchev–Trinajstić information content (AvgIpc) is 3.34. The normalized spacial score (nSPS) is 12.6. The van der Waals surface area contributed by atoms with E-state index in [1.807, 2.05) is 65.4 Å². The predicted molar refractivity (Wildman–Crippen MR) is 126 cm³/mol. The quantitative estimate of drug-likeness (QED) is 0.417. The Bertz CT molecular complexity index is 1580. The zero-order valence-corrected chi connectivity index (χ0v) is 19.0. The van der Waals surface area contributed by atoms with Gasteiger partial charge in [-0.1, -0.05) is 58.4 Å². The Balaban J connectivity index is 1.80. The van der Waals surface area contributed by atoms with Gasteiger partial charge in [-0.15, -0.1) is 0 Å². The summed E-state index contributed by atoms with van der Waals surface area (Å²) < 4.78 is 6.96. The second-order valence-electron chi connectivity index (χ2n) is 7.72. The summed E-state index contributed by atoms with van der Waals surface area (Å²) in [7, 11) is 3.05. The van der Waals surface area contributed by atoms with Gasteiger partial charge in [-0.2, -0.15) is 4.98 Å². The van der Waals surface area contributed by atoms with Crippen molar-refractivity contribution in [2.75, 3.05) is 0 Å². The number of hydrogen-bond donors (Lipinski definition) is 1. The van der Waals surface area contributed by atoms with E-state index in [0.29, 0.717) is 16.9 Å². The number of aryl methyl sites for hydroxylation is 1. The van der Waals surface area contributed by atoms with E-state index in [1.54, 1.807) is 11.4 Å². The van der Waals surface area contributed by atoms with Gasteiger partial charge in [-0.25, -0.2) is 4.79 Å². The van der Waals surface area contributed by atoms with Crippen molar-refractivity contribution >= 4 is 32.9 Å². The lowest BCUT2D eigenvalue weighted by molar-refractivity contribution is 0.158. The highest BCUT2D eigenvalue weighted by atomic mass is 79.9. The summed E-state index contributed by atoms with van der Waals surface area (Å²) in [6, 6.07) is 17.2. The van der Waals surface area contributed by atoms with Crippen LogP contribution < -0.4 is 11.2 Å². The number of hydrogen-bond acceptors (Lipinski definition) is 4. The third-order valence-corrected chi connectivity index (χ3v) is 6.26. The van der Waals surface area contributed by atoms with Crippen LogP contribution in [0.3, 0.4) is 0 Å². The van der Waals surface area contributed by atoms with Crippen LogP contribution >= 0.6 is 15.9 Å². The van der Waals surface area contributed by atoms with Crippen LogP contribution in [0.1, 0.15) is 11.7 Å². The minimum Gasteiger partial charge on any atom is -0.387 e. The van der Waals surface area contributed by atoms with Gasteiger partial charge in [0.2, 0.25) is 5.78 Å². The third-order valence-electron chi connectivity index (χ3n) is 5.74. The Morgan fingerprint density at radius 2 is 1.69 bits per heavy atom. The fourth-order valence-electron chi connectivity index (χ4n) is 4.00. The lowest BCUT2D eigenvalue weighted by atomic mass is 10.1. The average molecular weight is 494 g/mol. The van der Waals surface area contributed by atoms with Crippen molar-refractivity contribution in [1.82, 2.24) is 23.1 Å². The first-order valence-electron chi connectivity index (χ1n) is 10.0. The van der Waals surface area contributed by atoms with Crippen LogP contribution in [0, 0.1) is 0 Å². The molecule has 0 aliphatic rings. The molecule has 0 aliphatic heterocycles. The SMILES string of the molecule is Cn1c(=O)c2c(nc3n(CC(O)c4ccccc4)c(-c4ccc(Br)cc4)cn23)n(C)c1=O. The number of aromatic nitrogens is 5. The minimum atomic E-state index is -0.784. The first kappa shape index (κ1) is 20.5. The predicted octanol–water partition coefficient (Wildman–Crippen LogP) is 2.85. The Labute approximate surface area is 190 Å². The lowest BCUT2D eigenvalue weighted by Gasteiger charge is -2.15. The van der Waals surface area contributed by atoms with Gasteiger partial charge in [0.05, 0.1) is 18.3 Å². The third kappa shape index (κ3) is 3.12. The lowest BCUT2D eigenvalue weighted by Crippen LogP contribution is -2.37. The second-order valence-corrected chi connectivity index (χ2v) is 8.63. The van der Waals surface area contributed by atoms with Crippen molar-refractivity contribution < 1.29 is 5.11 Å². The largest absolute Gasteiger partial charge is 0.387 e. The molecule has 5 aromatic rings. The second kappa shape index (κ2) is 7.61. The fourth-order valence-corrected chi connectivity index (χ4v) is 4.26. The van der Waals surface area contributed by atoms with Crippen LogP contribution in [0.2, 0.25) is 0 Å². The van der Waals surface area contributed by atoms with Gasteiger partial charge in [0.25, 0.3) is 5.56 Å². The zero-order chi connectivity index (χ0) is 22.6. The van der Waals surface area contributed by atoms with E-state index in [0.717, 1.165) is 25.9 Å². The van der Waals surface area contributed by atoms with Crippen LogP contribution in [-0.4, -0.2) is 28.2 Å². The molecule has 8 nitrogen and oxygen atoms in total. The molecule has 1 N–H and O–H groups in total. The van der Waals surface area contributed by atoms with Gasteiger partial charge in [0.1, 0.15) is 0 Å². The van der Waals surface area contributed by atoms with Gasteiger partial charge in [0.15, 0.2) is 11.2 Å². The molecule has 0 radical (unpaired) electrons. The molecule has 5 rings (SSSR count). The summed E-state index contributed by atoms with van der Waals surface area (Å²) in [5.41, 5.74) is 2.25. The van der Waals surface area contributed by atoms with E-state index < -0.39 is 17.4 Å². The van der Waals surface area contributed by atoms with E-state index in [4.69, 9.17) is 0 Å². The maximum atomic E-state index is 12.9. The highest BCUT2D eigenvalue weighted by Gasteiger charge is 2.22. The minimum absolute atomic E-state index is 0.226. The maximum absolute atomic E-state index is 12.9. The highest BCUT2D eigenvalue weighted by Crippen LogP contribution is 2.28. The topological polar surface area (TPSA) is 86.5 Å². The molecule has 162 valence electrons. The van der Waals surface area contributed by atoms with Crippen molar-refractivity contribution in [3.8, 4) is 11.3 Å². The molecule has 3 aromatic heterocycles. The molecule has 2 aromatic carbocycles. The molecule has 0 spiro atoms. The van der Waals surface area contributed by atoms with Crippen LogP contribution in [-0.2, 0) is 20.6 Å². The molecule has 1 unspecified atom stereocenters. The summed E-state index contributed by atoms with van der Waals surface area (Å²) in [5.74, 6) is 0.478. The molecule has 1 atom stereocenters. The van der Waals surface area contributed by atoms with E-state index in [1.165, 1.54) is 11.6 Å². The number of benzene rings is 2.